The van der Waals surface area contributed by atoms with Crippen LogP contribution in [-0.2, 0) is 11.2 Å². The largest absolute Gasteiger partial charge is 0.350 e. The van der Waals surface area contributed by atoms with E-state index >= 15 is 0 Å². The molecule has 0 saturated heterocycles. The van der Waals surface area contributed by atoms with Gasteiger partial charge in [-0.3, -0.25) is 14.5 Å². The highest BCUT2D eigenvalue weighted by molar-refractivity contribution is 5.98. The molecule has 0 saturated carbocycles. The number of carbonyl (C=O) groups is 2. The van der Waals surface area contributed by atoms with Gasteiger partial charge in [-0.2, -0.15) is 0 Å². The van der Waals surface area contributed by atoms with Gasteiger partial charge in [0, 0.05) is 29.3 Å². The highest BCUT2D eigenvalue weighted by Crippen LogP contribution is 2.18. The first-order valence-corrected chi connectivity index (χ1v) is 10.7. The van der Waals surface area contributed by atoms with E-state index in [0.29, 0.717) is 17.8 Å². The molecule has 162 valence electrons. The second kappa shape index (κ2) is 10.9. The summed E-state index contributed by atoms with van der Waals surface area (Å²) in [6.45, 7) is 12.3. The van der Waals surface area contributed by atoms with E-state index in [4.69, 9.17) is 0 Å². The van der Waals surface area contributed by atoms with Crippen molar-refractivity contribution in [3.63, 3.8) is 0 Å². The van der Waals surface area contributed by atoms with E-state index in [9.17, 15) is 9.59 Å². The average molecular weight is 410 g/mol. The maximum Gasteiger partial charge on any atom is 0.251 e. The Morgan fingerprint density at radius 1 is 0.967 bits per heavy atom. The maximum atomic E-state index is 12.8. The summed E-state index contributed by atoms with van der Waals surface area (Å²) in [5, 5.41) is 5.97. The van der Waals surface area contributed by atoms with Crippen LogP contribution in [0, 0.1) is 5.41 Å². The van der Waals surface area contributed by atoms with Crippen LogP contribution in [-0.4, -0.2) is 42.4 Å². The number of rotatable bonds is 9. The molecule has 0 radical (unpaired) electrons. The van der Waals surface area contributed by atoms with E-state index in [1.807, 2.05) is 39.0 Å². The van der Waals surface area contributed by atoms with Crippen LogP contribution < -0.4 is 10.6 Å². The molecule has 0 fully saturated rings. The fourth-order valence-corrected chi connectivity index (χ4v) is 3.33. The SMILES string of the molecule is CCN(CC)C(CNC(=O)c1cccc(NC(=O)C(C)(C)C)c1)Cc1ccccc1. The number of carbonyl (C=O) groups excluding carboxylic acids is 2. The van der Waals surface area contributed by atoms with Gasteiger partial charge in [-0.1, -0.05) is 71.0 Å². The van der Waals surface area contributed by atoms with Crippen molar-refractivity contribution in [2.75, 3.05) is 25.0 Å². The van der Waals surface area contributed by atoms with Gasteiger partial charge in [0.25, 0.3) is 5.91 Å². The smallest absolute Gasteiger partial charge is 0.251 e. The molecule has 30 heavy (non-hydrogen) atoms. The maximum absolute atomic E-state index is 12.8. The van der Waals surface area contributed by atoms with Crippen molar-refractivity contribution < 1.29 is 9.59 Å². The Balaban J connectivity index is 2.05. The van der Waals surface area contributed by atoms with Crippen LogP contribution in [0.1, 0.15) is 50.5 Å². The van der Waals surface area contributed by atoms with Gasteiger partial charge in [-0.25, -0.2) is 0 Å². The first-order chi connectivity index (χ1) is 14.2. The zero-order valence-corrected chi connectivity index (χ0v) is 18.9. The third-order valence-electron chi connectivity index (χ3n) is 5.20. The number of amides is 2. The van der Waals surface area contributed by atoms with Gasteiger partial charge in [0.1, 0.15) is 0 Å². The molecule has 2 amide bonds. The van der Waals surface area contributed by atoms with E-state index in [0.717, 1.165) is 19.5 Å². The highest BCUT2D eigenvalue weighted by atomic mass is 16.2. The molecular weight excluding hydrogens is 374 g/mol. The Labute approximate surface area is 180 Å². The molecule has 2 aromatic rings. The standard InChI is InChI=1S/C25H35N3O2/c1-6-28(7-2)22(16-19-12-9-8-10-13-19)18-26-23(29)20-14-11-15-21(17-20)27-24(30)25(3,4)5/h8-15,17,22H,6-7,16,18H2,1-5H3,(H,26,29)(H,27,30). The summed E-state index contributed by atoms with van der Waals surface area (Å²) in [5.74, 6) is -0.211. The average Bonchev–Trinajstić information content (AvgIpc) is 2.72. The lowest BCUT2D eigenvalue weighted by atomic mass is 9.95. The van der Waals surface area contributed by atoms with E-state index in [-0.39, 0.29) is 17.9 Å². The zero-order valence-electron chi connectivity index (χ0n) is 18.9. The first kappa shape index (κ1) is 23.6. The highest BCUT2D eigenvalue weighted by Gasteiger charge is 2.22. The van der Waals surface area contributed by atoms with Crippen LogP contribution in [0.2, 0.25) is 0 Å². The molecule has 5 nitrogen and oxygen atoms in total. The number of benzene rings is 2. The molecule has 2 rings (SSSR count). The molecule has 0 bridgehead atoms. The monoisotopic (exact) mass is 409 g/mol. The predicted octanol–water partition coefficient (Wildman–Crippen LogP) is 4.35. The number of nitrogens with one attached hydrogen (secondary N) is 2. The van der Waals surface area contributed by atoms with Crippen molar-refractivity contribution in [1.82, 2.24) is 10.2 Å². The van der Waals surface area contributed by atoms with E-state index in [2.05, 4.69) is 41.5 Å². The summed E-state index contributed by atoms with van der Waals surface area (Å²) in [7, 11) is 0. The van der Waals surface area contributed by atoms with Crippen LogP contribution in [0.3, 0.4) is 0 Å². The van der Waals surface area contributed by atoms with E-state index in [1.54, 1.807) is 24.3 Å². The molecule has 1 unspecified atom stereocenters. The molecule has 0 aliphatic rings. The lowest BCUT2D eigenvalue weighted by Gasteiger charge is -2.30. The molecule has 0 aliphatic carbocycles. The van der Waals surface area contributed by atoms with Crippen LogP contribution in [0.15, 0.2) is 54.6 Å². The molecule has 1 atom stereocenters. The Morgan fingerprint density at radius 2 is 1.63 bits per heavy atom. The van der Waals surface area contributed by atoms with Gasteiger partial charge < -0.3 is 10.6 Å². The molecular formula is C25H35N3O2. The lowest BCUT2D eigenvalue weighted by Crippen LogP contribution is -2.45. The van der Waals surface area contributed by atoms with Crippen molar-refractivity contribution in [2.24, 2.45) is 5.41 Å². The molecule has 2 aromatic carbocycles. The second-order valence-electron chi connectivity index (χ2n) is 8.56. The third-order valence-corrected chi connectivity index (χ3v) is 5.20. The number of anilines is 1. The van der Waals surface area contributed by atoms with Crippen molar-refractivity contribution >= 4 is 17.5 Å². The van der Waals surface area contributed by atoms with Crippen LogP contribution in [0.5, 0.6) is 0 Å². The normalized spacial score (nSPS) is 12.5. The van der Waals surface area contributed by atoms with E-state index < -0.39 is 5.41 Å². The van der Waals surface area contributed by atoms with Crippen LogP contribution >= 0.6 is 0 Å². The number of likely N-dealkylation sites (N-methyl/N-ethyl adjacent to an activating group) is 1. The van der Waals surface area contributed by atoms with Gasteiger partial charge in [0.15, 0.2) is 0 Å². The Kier molecular flexibility index (Phi) is 8.60. The molecule has 0 spiro atoms. The predicted molar refractivity (Wildman–Crippen MR) is 124 cm³/mol. The Bertz CT molecular complexity index is 824. The molecule has 0 heterocycles. The number of hydrogen-bond acceptors (Lipinski definition) is 3. The molecule has 0 aliphatic heterocycles. The third kappa shape index (κ3) is 6.99. The lowest BCUT2D eigenvalue weighted by molar-refractivity contribution is -0.123. The Hall–Kier alpha value is -2.66. The molecule has 0 aromatic heterocycles. The minimum Gasteiger partial charge on any atom is -0.350 e. The minimum atomic E-state index is -0.493. The minimum absolute atomic E-state index is 0.0792. The molecule has 5 heteroatoms. The van der Waals surface area contributed by atoms with Crippen LogP contribution in [0.4, 0.5) is 5.69 Å². The summed E-state index contributed by atoms with van der Waals surface area (Å²) >= 11 is 0. The zero-order chi connectivity index (χ0) is 22.1. The summed E-state index contributed by atoms with van der Waals surface area (Å²) < 4.78 is 0. The van der Waals surface area contributed by atoms with Gasteiger partial charge in [-0.15, -0.1) is 0 Å². The van der Waals surface area contributed by atoms with Gasteiger partial charge in [-0.05, 0) is 43.3 Å². The fourth-order valence-electron chi connectivity index (χ4n) is 3.33. The van der Waals surface area contributed by atoms with Gasteiger partial charge in [0.05, 0.1) is 0 Å². The second-order valence-corrected chi connectivity index (χ2v) is 8.56. The number of nitrogens with zero attached hydrogens (tertiary/aromatic N) is 1. The van der Waals surface area contributed by atoms with Crippen molar-refractivity contribution in [2.45, 2.75) is 47.1 Å². The van der Waals surface area contributed by atoms with Gasteiger partial charge >= 0.3 is 0 Å². The van der Waals surface area contributed by atoms with E-state index in [1.165, 1.54) is 5.56 Å². The first-order valence-electron chi connectivity index (χ1n) is 10.7. The summed E-state index contributed by atoms with van der Waals surface area (Å²) in [4.78, 5) is 27.4. The number of hydrogen-bond donors (Lipinski definition) is 2. The van der Waals surface area contributed by atoms with Crippen molar-refractivity contribution in [3.05, 3.63) is 65.7 Å². The van der Waals surface area contributed by atoms with Crippen molar-refractivity contribution in [1.29, 1.82) is 0 Å². The Morgan fingerprint density at radius 3 is 2.23 bits per heavy atom. The topological polar surface area (TPSA) is 61.4 Å². The fraction of sp³-hybridized carbons (Fsp3) is 0.440. The summed E-state index contributed by atoms with van der Waals surface area (Å²) in [6, 6.07) is 17.7. The molecule has 2 N–H and O–H groups in total. The van der Waals surface area contributed by atoms with Crippen LogP contribution in [0.25, 0.3) is 0 Å². The summed E-state index contributed by atoms with van der Waals surface area (Å²) in [5.41, 5.74) is 1.94. The van der Waals surface area contributed by atoms with Crippen molar-refractivity contribution in [3.8, 4) is 0 Å². The quantitative estimate of drug-likeness (QED) is 0.647. The van der Waals surface area contributed by atoms with Gasteiger partial charge in [0.2, 0.25) is 5.91 Å². The summed E-state index contributed by atoms with van der Waals surface area (Å²) in [6.07, 6.45) is 0.879.